The van der Waals surface area contributed by atoms with E-state index in [0.717, 1.165) is 30.1 Å². The number of cyclic esters (lactones) is 1. The molecule has 2 fully saturated rings. The molecule has 196 valence electrons. The smallest absolute Gasteiger partial charge is 0.410 e. The third kappa shape index (κ3) is 6.18. The van der Waals surface area contributed by atoms with Crippen molar-refractivity contribution in [3.8, 4) is 0 Å². The van der Waals surface area contributed by atoms with Gasteiger partial charge in [-0.05, 0) is 53.0 Å². The van der Waals surface area contributed by atoms with E-state index in [9.17, 15) is 14.7 Å². The van der Waals surface area contributed by atoms with E-state index in [1.807, 2.05) is 56.0 Å². The fourth-order valence-corrected chi connectivity index (χ4v) is 6.02. The van der Waals surface area contributed by atoms with Crippen LogP contribution in [-0.2, 0) is 10.3 Å². The number of aromatic nitrogens is 1. The van der Waals surface area contributed by atoms with Crippen molar-refractivity contribution in [3.63, 3.8) is 0 Å². The van der Waals surface area contributed by atoms with Crippen molar-refractivity contribution in [2.45, 2.75) is 83.1 Å². The predicted molar refractivity (Wildman–Crippen MR) is 141 cm³/mol. The van der Waals surface area contributed by atoms with Crippen LogP contribution < -0.4 is 10.2 Å². The molecular weight excluding hydrogens is 476 g/mol. The molecule has 0 bridgehead atoms. The summed E-state index contributed by atoms with van der Waals surface area (Å²) in [6.07, 6.45) is 4.04. The maximum atomic E-state index is 13.4. The number of nitrogens with zero attached hydrogens (tertiary/aromatic N) is 3. The van der Waals surface area contributed by atoms with Crippen LogP contribution in [0.5, 0.6) is 0 Å². The van der Waals surface area contributed by atoms with Crippen molar-refractivity contribution < 1.29 is 19.4 Å². The number of carbonyl (C=O) groups is 2. The maximum absolute atomic E-state index is 13.4. The third-order valence-corrected chi connectivity index (χ3v) is 7.66. The number of piperidine rings is 1. The lowest BCUT2D eigenvalue weighted by molar-refractivity contribution is -0.102. The van der Waals surface area contributed by atoms with Gasteiger partial charge in [0, 0.05) is 38.0 Å². The Kier molecular flexibility index (Phi) is 7.35. The zero-order valence-corrected chi connectivity index (χ0v) is 22.7. The minimum Gasteiger partial charge on any atom is -0.438 e. The van der Waals surface area contributed by atoms with Crippen LogP contribution in [0.25, 0.3) is 0 Å². The minimum atomic E-state index is -0.984. The number of ether oxygens (including phenoxy) is 1. The molecule has 2 aliphatic rings. The molecule has 2 atom stereocenters. The minimum absolute atomic E-state index is 0.00193. The normalized spacial score (nSPS) is 23.4. The molecule has 3 heterocycles. The molecule has 2 N–H and O–H groups in total. The summed E-state index contributed by atoms with van der Waals surface area (Å²) in [7, 11) is 0. The van der Waals surface area contributed by atoms with E-state index >= 15 is 0 Å². The van der Waals surface area contributed by atoms with Crippen molar-refractivity contribution >= 4 is 28.5 Å². The molecule has 36 heavy (non-hydrogen) atoms. The Morgan fingerprint density at radius 2 is 1.94 bits per heavy atom. The summed E-state index contributed by atoms with van der Waals surface area (Å²) in [5.41, 5.74) is -1.24. The molecule has 8 nitrogen and oxygen atoms in total. The Labute approximate surface area is 217 Å². The average molecular weight is 515 g/mol. The van der Waals surface area contributed by atoms with Crippen molar-refractivity contribution in [1.29, 1.82) is 0 Å². The van der Waals surface area contributed by atoms with Crippen LogP contribution in [-0.4, -0.2) is 63.8 Å². The number of hydrogen-bond acceptors (Lipinski definition) is 7. The molecule has 2 unspecified atom stereocenters. The quantitative estimate of drug-likeness (QED) is 0.588. The van der Waals surface area contributed by atoms with Crippen LogP contribution in [0.2, 0.25) is 0 Å². The number of nitrogens with one attached hydrogen (secondary N) is 1. The molecule has 9 heteroatoms. The summed E-state index contributed by atoms with van der Waals surface area (Å²) in [5, 5.41) is 14.4. The number of benzene rings is 1. The number of carbonyl (C=O) groups excluding carboxylic acids is 2. The number of aliphatic hydroxyl groups is 1. The lowest BCUT2D eigenvalue weighted by Gasteiger charge is -2.47. The third-order valence-electron chi connectivity index (χ3n) is 6.61. The number of thiazole rings is 1. The summed E-state index contributed by atoms with van der Waals surface area (Å²) in [6, 6.07) is 9.74. The molecule has 2 aromatic rings. The Balaban J connectivity index is 1.46. The molecule has 0 aliphatic carbocycles. The maximum Gasteiger partial charge on any atom is 0.410 e. The average Bonchev–Trinajstić information content (AvgIpc) is 3.28. The van der Waals surface area contributed by atoms with Crippen molar-refractivity contribution in [2.75, 3.05) is 24.5 Å². The van der Waals surface area contributed by atoms with Gasteiger partial charge in [0.2, 0.25) is 0 Å². The van der Waals surface area contributed by atoms with Gasteiger partial charge in [0.25, 0.3) is 5.91 Å². The lowest BCUT2D eigenvalue weighted by Crippen LogP contribution is -2.57. The van der Waals surface area contributed by atoms with Gasteiger partial charge in [-0.25, -0.2) is 9.78 Å². The van der Waals surface area contributed by atoms with E-state index in [0.29, 0.717) is 30.8 Å². The number of amides is 2. The highest BCUT2D eigenvalue weighted by Crippen LogP contribution is 2.41. The van der Waals surface area contributed by atoms with Gasteiger partial charge in [0.05, 0.1) is 17.8 Å². The standard InChI is InChI=1S/C27H38N4O4S/c1-25(2,3)29-22(32)21-16-28-23(36-21)30-14-9-12-20(17-30)31-15-13-27(35-24(31)33,18-26(4,5)34)19-10-7-6-8-11-19/h6-8,10-11,16,20,34H,9,12-15,17-18H2,1-5H3,(H,29,32). The molecule has 2 amide bonds. The van der Waals surface area contributed by atoms with E-state index in [4.69, 9.17) is 4.74 Å². The fraction of sp³-hybridized carbons (Fsp3) is 0.593. The van der Waals surface area contributed by atoms with Crippen LogP contribution >= 0.6 is 11.3 Å². The van der Waals surface area contributed by atoms with Crippen LogP contribution in [0, 0.1) is 0 Å². The highest BCUT2D eigenvalue weighted by molar-refractivity contribution is 7.17. The molecule has 4 rings (SSSR count). The van der Waals surface area contributed by atoms with E-state index < -0.39 is 11.2 Å². The first-order valence-corrected chi connectivity index (χ1v) is 13.5. The number of anilines is 1. The van der Waals surface area contributed by atoms with Crippen molar-refractivity contribution in [2.24, 2.45) is 0 Å². The predicted octanol–water partition coefficient (Wildman–Crippen LogP) is 4.54. The SMILES string of the molecule is CC(C)(O)CC1(c2ccccc2)CCN(C2CCCN(c3ncc(C(=O)NC(C)(C)C)s3)C2)C(=O)O1. The van der Waals surface area contributed by atoms with E-state index in [1.54, 1.807) is 20.0 Å². The lowest BCUT2D eigenvalue weighted by atomic mass is 9.80. The molecule has 2 saturated heterocycles. The van der Waals surface area contributed by atoms with Gasteiger partial charge >= 0.3 is 6.09 Å². The van der Waals surface area contributed by atoms with Crippen molar-refractivity contribution in [3.05, 3.63) is 47.0 Å². The van der Waals surface area contributed by atoms with E-state index in [-0.39, 0.29) is 23.6 Å². The largest absolute Gasteiger partial charge is 0.438 e. The molecular formula is C27H38N4O4S. The monoisotopic (exact) mass is 514 g/mol. The molecule has 0 saturated carbocycles. The van der Waals surface area contributed by atoms with Gasteiger partial charge < -0.3 is 25.0 Å². The molecule has 0 spiro atoms. The van der Waals surface area contributed by atoms with Gasteiger partial charge in [-0.2, -0.15) is 0 Å². The zero-order valence-electron chi connectivity index (χ0n) is 21.9. The van der Waals surface area contributed by atoms with Gasteiger partial charge in [-0.3, -0.25) is 4.79 Å². The van der Waals surface area contributed by atoms with Crippen molar-refractivity contribution in [1.82, 2.24) is 15.2 Å². The summed E-state index contributed by atoms with van der Waals surface area (Å²) in [6.45, 7) is 11.4. The molecule has 1 aromatic heterocycles. The Bertz CT molecular complexity index is 1080. The molecule has 2 aliphatic heterocycles. The second-order valence-electron chi connectivity index (χ2n) is 11.6. The van der Waals surface area contributed by atoms with E-state index in [2.05, 4.69) is 15.2 Å². The van der Waals surface area contributed by atoms with Gasteiger partial charge in [-0.1, -0.05) is 41.7 Å². The second kappa shape index (κ2) is 10.0. The van der Waals surface area contributed by atoms with Crippen LogP contribution in [0.15, 0.2) is 36.5 Å². The fourth-order valence-electron chi connectivity index (χ4n) is 5.17. The Morgan fingerprint density at radius 3 is 2.58 bits per heavy atom. The Hall–Kier alpha value is -2.65. The summed E-state index contributed by atoms with van der Waals surface area (Å²) >= 11 is 1.38. The summed E-state index contributed by atoms with van der Waals surface area (Å²) in [5.74, 6) is -0.122. The Morgan fingerprint density at radius 1 is 1.22 bits per heavy atom. The molecule has 1 aromatic carbocycles. The summed E-state index contributed by atoms with van der Waals surface area (Å²) < 4.78 is 6.17. The first kappa shape index (κ1) is 26.4. The number of rotatable bonds is 6. The zero-order chi connectivity index (χ0) is 26.1. The highest BCUT2D eigenvalue weighted by atomic mass is 32.1. The van der Waals surface area contributed by atoms with Crippen LogP contribution in [0.1, 0.15) is 75.5 Å². The highest BCUT2D eigenvalue weighted by Gasteiger charge is 2.47. The van der Waals surface area contributed by atoms with Crippen LogP contribution in [0.3, 0.4) is 0 Å². The summed E-state index contributed by atoms with van der Waals surface area (Å²) in [4.78, 5) is 35.0. The van der Waals surface area contributed by atoms with E-state index in [1.165, 1.54) is 11.3 Å². The number of hydrogen-bond donors (Lipinski definition) is 2. The van der Waals surface area contributed by atoms with Gasteiger partial charge in [0.15, 0.2) is 5.13 Å². The second-order valence-corrected chi connectivity index (χ2v) is 12.6. The van der Waals surface area contributed by atoms with Gasteiger partial charge in [0.1, 0.15) is 10.5 Å². The first-order chi connectivity index (χ1) is 16.9. The first-order valence-electron chi connectivity index (χ1n) is 12.7. The van der Waals surface area contributed by atoms with Crippen LogP contribution in [0.4, 0.5) is 9.93 Å². The van der Waals surface area contributed by atoms with Gasteiger partial charge in [-0.15, -0.1) is 0 Å². The topological polar surface area (TPSA) is 95.0 Å². The molecule has 0 radical (unpaired) electrons.